The van der Waals surface area contributed by atoms with Crippen molar-refractivity contribution in [2.45, 2.75) is 76.9 Å². The van der Waals surface area contributed by atoms with Crippen LogP contribution in [0.3, 0.4) is 0 Å². The van der Waals surface area contributed by atoms with Crippen molar-refractivity contribution in [2.24, 2.45) is 0 Å². The van der Waals surface area contributed by atoms with E-state index in [-0.39, 0.29) is 18.5 Å². The minimum absolute atomic E-state index is 0.115. The van der Waals surface area contributed by atoms with Gasteiger partial charge in [-0.15, -0.1) is 5.10 Å². The maximum absolute atomic E-state index is 12.9. The van der Waals surface area contributed by atoms with E-state index in [1.165, 1.54) is 11.3 Å². The number of hydrogen-bond acceptors (Lipinski definition) is 5. The fourth-order valence-electron chi connectivity index (χ4n) is 3.53. The quantitative estimate of drug-likeness (QED) is 0.851. The van der Waals surface area contributed by atoms with Crippen molar-refractivity contribution in [3.05, 3.63) is 5.82 Å². The van der Waals surface area contributed by atoms with Crippen LogP contribution in [-0.2, 0) is 17.9 Å². The van der Waals surface area contributed by atoms with Crippen molar-refractivity contribution in [3.63, 3.8) is 0 Å². The van der Waals surface area contributed by atoms with Crippen LogP contribution in [-0.4, -0.2) is 42.6 Å². The Kier molecular flexibility index (Phi) is 4.58. The monoisotopic (exact) mass is 320 g/mol. The van der Waals surface area contributed by atoms with E-state index in [9.17, 15) is 9.59 Å². The Labute approximate surface area is 135 Å². The van der Waals surface area contributed by atoms with Crippen molar-refractivity contribution in [1.82, 2.24) is 30.4 Å². The lowest BCUT2D eigenvalue weighted by Gasteiger charge is -2.28. The first-order chi connectivity index (χ1) is 11.2. The van der Waals surface area contributed by atoms with E-state index in [1.54, 1.807) is 4.68 Å². The maximum Gasteiger partial charge on any atom is 0.325 e. The number of nitrogens with one attached hydrogen (secondary N) is 1. The first-order valence-electron chi connectivity index (χ1n) is 8.55. The third-order valence-electron chi connectivity index (χ3n) is 4.79. The Morgan fingerprint density at radius 1 is 1.13 bits per heavy atom. The number of tetrazole rings is 1. The lowest BCUT2D eigenvalue weighted by atomic mass is 9.84. The SMILES string of the molecule is CCCn1nnnc1CN1C(=O)NC2(CCCCCCC2)C1=O. The highest BCUT2D eigenvalue weighted by atomic mass is 16.2. The first kappa shape index (κ1) is 15.9. The zero-order valence-electron chi connectivity index (χ0n) is 13.6. The van der Waals surface area contributed by atoms with E-state index < -0.39 is 5.54 Å². The Morgan fingerprint density at radius 2 is 1.83 bits per heavy atom. The second-order valence-corrected chi connectivity index (χ2v) is 6.49. The molecule has 2 fully saturated rings. The summed E-state index contributed by atoms with van der Waals surface area (Å²) in [5.74, 6) is 0.439. The molecule has 3 rings (SSSR count). The van der Waals surface area contributed by atoms with Crippen LogP contribution in [0.5, 0.6) is 0 Å². The molecule has 1 aromatic heterocycles. The van der Waals surface area contributed by atoms with E-state index in [0.29, 0.717) is 12.4 Å². The molecule has 1 aromatic rings. The highest BCUT2D eigenvalue weighted by molar-refractivity contribution is 6.06. The Morgan fingerprint density at radius 3 is 2.52 bits per heavy atom. The van der Waals surface area contributed by atoms with Gasteiger partial charge in [0.25, 0.3) is 5.91 Å². The number of carbonyl (C=O) groups excluding carboxylic acids is 2. The van der Waals surface area contributed by atoms with Gasteiger partial charge in [-0.2, -0.15) is 0 Å². The van der Waals surface area contributed by atoms with Gasteiger partial charge < -0.3 is 5.32 Å². The number of aromatic nitrogens is 4. The van der Waals surface area contributed by atoms with Gasteiger partial charge in [-0.05, 0) is 29.7 Å². The third kappa shape index (κ3) is 3.07. The summed E-state index contributed by atoms with van der Waals surface area (Å²) < 4.78 is 1.66. The summed E-state index contributed by atoms with van der Waals surface area (Å²) in [4.78, 5) is 26.6. The summed E-state index contributed by atoms with van der Waals surface area (Å²) in [7, 11) is 0. The first-order valence-corrected chi connectivity index (χ1v) is 8.55. The van der Waals surface area contributed by atoms with Crippen LogP contribution in [0.25, 0.3) is 0 Å². The van der Waals surface area contributed by atoms with Gasteiger partial charge in [0.2, 0.25) is 0 Å². The van der Waals surface area contributed by atoms with Gasteiger partial charge >= 0.3 is 6.03 Å². The molecule has 0 atom stereocenters. The van der Waals surface area contributed by atoms with E-state index in [4.69, 9.17) is 0 Å². The molecule has 1 saturated carbocycles. The molecule has 0 radical (unpaired) electrons. The van der Waals surface area contributed by atoms with E-state index in [2.05, 4.69) is 20.8 Å². The number of imide groups is 1. The lowest BCUT2D eigenvalue weighted by Crippen LogP contribution is -2.47. The minimum Gasteiger partial charge on any atom is -0.323 e. The smallest absolute Gasteiger partial charge is 0.323 e. The van der Waals surface area contributed by atoms with Gasteiger partial charge in [0.05, 0.1) is 6.54 Å². The van der Waals surface area contributed by atoms with Crippen molar-refractivity contribution >= 4 is 11.9 Å². The molecule has 0 bridgehead atoms. The normalized spacial score (nSPS) is 21.3. The van der Waals surface area contributed by atoms with Crippen LogP contribution in [0.4, 0.5) is 4.79 Å². The molecular formula is C15H24N6O2. The fraction of sp³-hybridized carbons (Fsp3) is 0.800. The van der Waals surface area contributed by atoms with Crippen LogP contribution >= 0.6 is 0 Å². The average molecular weight is 320 g/mol. The molecule has 1 aliphatic heterocycles. The molecule has 1 saturated heterocycles. The van der Waals surface area contributed by atoms with Gasteiger partial charge in [-0.3, -0.25) is 9.69 Å². The van der Waals surface area contributed by atoms with Crippen LogP contribution in [0, 0.1) is 0 Å². The van der Waals surface area contributed by atoms with Gasteiger partial charge in [0.1, 0.15) is 5.54 Å². The van der Waals surface area contributed by atoms with Crippen molar-refractivity contribution in [1.29, 1.82) is 0 Å². The average Bonchev–Trinajstić information content (AvgIpc) is 3.03. The molecule has 1 aliphatic carbocycles. The molecule has 0 unspecified atom stereocenters. The lowest BCUT2D eigenvalue weighted by molar-refractivity contribution is -0.132. The molecule has 1 spiro atoms. The van der Waals surface area contributed by atoms with E-state index >= 15 is 0 Å². The Balaban J connectivity index is 1.76. The summed E-state index contributed by atoms with van der Waals surface area (Å²) in [6, 6.07) is -0.318. The number of hydrogen-bond donors (Lipinski definition) is 1. The zero-order chi connectivity index (χ0) is 16.3. The van der Waals surface area contributed by atoms with Crippen molar-refractivity contribution in [2.75, 3.05) is 0 Å². The molecule has 8 nitrogen and oxygen atoms in total. The fourth-order valence-corrected chi connectivity index (χ4v) is 3.53. The van der Waals surface area contributed by atoms with Crippen LogP contribution in [0.1, 0.15) is 64.1 Å². The number of amides is 3. The molecule has 2 aliphatic rings. The standard InChI is InChI=1S/C15H24N6O2/c1-2-10-21-12(17-18-19-21)11-20-13(22)15(16-14(20)23)8-6-4-3-5-7-9-15/h2-11H2,1H3,(H,16,23). The minimum atomic E-state index is -0.708. The van der Waals surface area contributed by atoms with Crippen molar-refractivity contribution < 1.29 is 9.59 Å². The van der Waals surface area contributed by atoms with Crippen molar-refractivity contribution in [3.8, 4) is 0 Å². The predicted octanol–water partition coefficient (Wildman–Crippen LogP) is 1.62. The molecule has 1 N–H and O–H groups in total. The molecular weight excluding hydrogens is 296 g/mol. The van der Waals surface area contributed by atoms with Gasteiger partial charge in [0, 0.05) is 6.54 Å². The number of nitrogens with zero attached hydrogens (tertiary/aromatic N) is 5. The number of rotatable bonds is 4. The Hall–Kier alpha value is -1.99. The van der Waals surface area contributed by atoms with Gasteiger partial charge in [-0.25, -0.2) is 9.48 Å². The Bertz CT molecular complexity index is 576. The summed E-state index contributed by atoms with van der Waals surface area (Å²) in [5, 5.41) is 14.5. The molecule has 0 aromatic carbocycles. The topological polar surface area (TPSA) is 93.0 Å². The van der Waals surface area contributed by atoms with E-state index in [0.717, 1.165) is 44.9 Å². The third-order valence-corrected chi connectivity index (χ3v) is 4.79. The summed E-state index contributed by atoms with van der Waals surface area (Å²) in [6.45, 7) is 2.85. The van der Waals surface area contributed by atoms with E-state index in [1.807, 2.05) is 6.92 Å². The highest BCUT2D eigenvalue weighted by Crippen LogP contribution is 2.32. The number of urea groups is 1. The summed E-state index contributed by atoms with van der Waals surface area (Å²) in [6.07, 6.45) is 7.78. The predicted molar refractivity (Wildman–Crippen MR) is 82.2 cm³/mol. The summed E-state index contributed by atoms with van der Waals surface area (Å²) >= 11 is 0. The zero-order valence-corrected chi connectivity index (χ0v) is 13.6. The van der Waals surface area contributed by atoms with Gasteiger partial charge in [-0.1, -0.05) is 39.0 Å². The highest BCUT2D eigenvalue weighted by Gasteiger charge is 2.50. The second kappa shape index (κ2) is 6.64. The molecule has 23 heavy (non-hydrogen) atoms. The van der Waals surface area contributed by atoms with Crippen LogP contribution in [0.15, 0.2) is 0 Å². The van der Waals surface area contributed by atoms with Crippen LogP contribution in [0.2, 0.25) is 0 Å². The number of carbonyl (C=O) groups is 2. The molecule has 8 heteroatoms. The van der Waals surface area contributed by atoms with Gasteiger partial charge in [0.15, 0.2) is 5.82 Å². The maximum atomic E-state index is 12.9. The second-order valence-electron chi connectivity index (χ2n) is 6.49. The molecule has 126 valence electrons. The van der Waals surface area contributed by atoms with Crippen LogP contribution < -0.4 is 5.32 Å². The molecule has 2 heterocycles. The largest absolute Gasteiger partial charge is 0.325 e. The number of aryl methyl sites for hydroxylation is 1. The summed E-state index contributed by atoms with van der Waals surface area (Å²) in [5.41, 5.74) is -0.708. The molecule has 3 amide bonds.